The summed E-state index contributed by atoms with van der Waals surface area (Å²) in [5.74, 6) is 1.03. The van der Waals surface area contributed by atoms with E-state index in [0.717, 1.165) is 5.56 Å². The molecule has 1 aromatic heterocycles. The highest BCUT2D eigenvalue weighted by atomic mass is 16.5. The summed E-state index contributed by atoms with van der Waals surface area (Å²) in [5.41, 5.74) is 8.77. The van der Waals surface area contributed by atoms with E-state index in [2.05, 4.69) is 10.1 Å². The first-order valence-electron chi connectivity index (χ1n) is 5.09. The van der Waals surface area contributed by atoms with Crippen LogP contribution >= 0.6 is 0 Å². The largest absolute Gasteiger partial charge is 0.372 e. The highest BCUT2D eigenvalue weighted by Gasteiger charge is 2.14. The van der Waals surface area contributed by atoms with Crippen molar-refractivity contribution in [2.24, 2.45) is 5.73 Å². The van der Waals surface area contributed by atoms with E-state index in [1.54, 1.807) is 0 Å². The highest BCUT2D eigenvalue weighted by Crippen LogP contribution is 2.25. The summed E-state index contributed by atoms with van der Waals surface area (Å²) in [4.78, 5) is 4.18. The second-order valence-corrected chi connectivity index (χ2v) is 3.69. The number of benzene rings is 1. The minimum atomic E-state index is 0.265. The van der Waals surface area contributed by atoms with Gasteiger partial charge in [-0.25, -0.2) is 0 Å². The predicted molar refractivity (Wildman–Crippen MR) is 56.1 cm³/mol. The maximum absolute atomic E-state index is 5.42. The Labute approximate surface area is 92.2 Å². The van der Waals surface area contributed by atoms with E-state index in [0.29, 0.717) is 24.9 Å². The van der Waals surface area contributed by atoms with Crippen LogP contribution in [0.3, 0.4) is 0 Å². The van der Waals surface area contributed by atoms with E-state index >= 15 is 0 Å². The summed E-state index contributed by atoms with van der Waals surface area (Å²) >= 11 is 0. The SMILES string of the molecule is NCc1nc(-c2ccc3c(c2)COC3)no1. The molecule has 2 aromatic rings. The van der Waals surface area contributed by atoms with E-state index in [9.17, 15) is 0 Å². The Hall–Kier alpha value is -1.72. The standard InChI is InChI=1S/C11H11N3O2/c12-4-10-13-11(14-16-10)7-1-2-8-5-15-6-9(8)3-7/h1-3H,4-6,12H2. The van der Waals surface area contributed by atoms with Gasteiger partial charge < -0.3 is 15.0 Å². The molecule has 5 nitrogen and oxygen atoms in total. The minimum absolute atomic E-state index is 0.265. The Morgan fingerprint density at radius 3 is 2.94 bits per heavy atom. The summed E-state index contributed by atoms with van der Waals surface area (Å²) in [6, 6.07) is 6.04. The average molecular weight is 217 g/mol. The Kier molecular flexibility index (Phi) is 2.19. The average Bonchev–Trinajstić information content (AvgIpc) is 2.96. The molecular formula is C11H11N3O2. The van der Waals surface area contributed by atoms with Crippen LogP contribution in [0.2, 0.25) is 0 Å². The van der Waals surface area contributed by atoms with Gasteiger partial charge in [-0.3, -0.25) is 0 Å². The number of nitrogens with two attached hydrogens (primary N) is 1. The molecule has 0 bridgehead atoms. The Morgan fingerprint density at radius 1 is 1.25 bits per heavy atom. The van der Waals surface area contributed by atoms with E-state index in [4.69, 9.17) is 15.0 Å². The zero-order valence-corrected chi connectivity index (χ0v) is 8.64. The van der Waals surface area contributed by atoms with Crippen LogP contribution in [0, 0.1) is 0 Å². The lowest BCUT2D eigenvalue weighted by molar-refractivity contribution is 0.134. The number of rotatable bonds is 2. The van der Waals surface area contributed by atoms with Crippen molar-refractivity contribution in [3.63, 3.8) is 0 Å². The van der Waals surface area contributed by atoms with E-state index in [-0.39, 0.29) is 6.54 Å². The molecule has 3 rings (SSSR count). The monoisotopic (exact) mass is 217 g/mol. The molecule has 1 aliphatic heterocycles. The molecule has 0 radical (unpaired) electrons. The maximum atomic E-state index is 5.42. The molecule has 2 N–H and O–H groups in total. The second-order valence-electron chi connectivity index (χ2n) is 3.69. The van der Waals surface area contributed by atoms with Crippen molar-refractivity contribution < 1.29 is 9.26 Å². The van der Waals surface area contributed by atoms with Gasteiger partial charge in [0.05, 0.1) is 19.8 Å². The third kappa shape index (κ3) is 1.50. The highest BCUT2D eigenvalue weighted by molar-refractivity contribution is 5.57. The molecule has 0 unspecified atom stereocenters. The molecule has 0 atom stereocenters. The lowest BCUT2D eigenvalue weighted by Gasteiger charge is -1.98. The first-order valence-corrected chi connectivity index (χ1v) is 5.09. The van der Waals surface area contributed by atoms with Crippen LogP contribution in [0.4, 0.5) is 0 Å². The topological polar surface area (TPSA) is 74.2 Å². The van der Waals surface area contributed by atoms with Crippen molar-refractivity contribution >= 4 is 0 Å². The molecule has 0 saturated heterocycles. The van der Waals surface area contributed by atoms with Gasteiger partial charge in [0.2, 0.25) is 11.7 Å². The van der Waals surface area contributed by atoms with E-state index in [1.807, 2.05) is 18.2 Å². The summed E-state index contributed by atoms with van der Waals surface area (Å²) in [5, 5.41) is 3.88. The number of hydrogen-bond acceptors (Lipinski definition) is 5. The van der Waals surface area contributed by atoms with Crippen molar-refractivity contribution in [3.05, 3.63) is 35.2 Å². The Bertz CT molecular complexity index is 522. The fourth-order valence-electron chi connectivity index (χ4n) is 1.77. The summed E-state index contributed by atoms with van der Waals surface area (Å²) in [6.45, 7) is 1.61. The summed E-state index contributed by atoms with van der Waals surface area (Å²) in [7, 11) is 0. The first kappa shape index (κ1) is 9.50. The fourth-order valence-corrected chi connectivity index (χ4v) is 1.77. The summed E-state index contributed by atoms with van der Waals surface area (Å²) in [6.07, 6.45) is 0. The van der Waals surface area contributed by atoms with Gasteiger partial charge in [-0.05, 0) is 17.2 Å². The first-order chi connectivity index (χ1) is 7.86. The lowest BCUT2D eigenvalue weighted by Crippen LogP contribution is -1.95. The van der Waals surface area contributed by atoms with Crippen LogP contribution in [0.1, 0.15) is 17.0 Å². The van der Waals surface area contributed by atoms with Crippen molar-refractivity contribution in [1.82, 2.24) is 10.1 Å². The van der Waals surface area contributed by atoms with E-state index < -0.39 is 0 Å². The molecular weight excluding hydrogens is 206 g/mol. The molecule has 0 amide bonds. The normalized spacial score (nSPS) is 14.1. The number of ether oxygens (including phenoxy) is 1. The van der Waals surface area contributed by atoms with Crippen LogP contribution in [0.25, 0.3) is 11.4 Å². The van der Waals surface area contributed by atoms with Crippen molar-refractivity contribution in [3.8, 4) is 11.4 Å². The van der Waals surface area contributed by atoms with Crippen LogP contribution in [-0.2, 0) is 24.5 Å². The quantitative estimate of drug-likeness (QED) is 0.818. The van der Waals surface area contributed by atoms with Crippen LogP contribution in [-0.4, -0.2) is 10.1 Å². The Balaban J connectivity index is 2.00. The zero-order valence-electron chi connectivity index (χ0n) is 8.64. The summed E-state index contributed by atoms with van der Waals surface area (Å²) < 4.78 is 10.3. The minimum Gasteiger partial charge on any atom is -0.372 e. The number of nitrogens with zero attached hydrogens (tertiary/aromatic N) is 2. The van der Waals surface area contributed by atoms with Crippen LogP contribution < -0.4 is 5.73 Å². The third-order valence-corrected chi connectivity index (χ3v) is 2.62. The molecule has 0 fully saturated rings. The van der Waals surface area contributed by atoms with Gasteiger partial charge in [0.15, 0.2) is 0 Å². The predicted octanol–water partition coefficient (Wildman–Crippen LogP) is 1.23. The molecule has 5 heteroatoms. The molecule has 0 spiro atoms. The van der Waals surface area contributed by atoms with Gasteiger partial charge >= 0.3 is 0 Å². The fraction of sp³-hybridized carbons (Fsp3) is 0.273. The van der Waals surface area contributed by atoms with Gasteiger partial charge in [-0.15, -0.1) is 0 Å². The van der Waals surface area contributed by atoms with Gasteiger partial charge in [-0.1, -0.05) is 17.3 Å². The molecule has 1 aromatic carbocycles. The second kappa shape index (κ2) is 3.70. The van der Waals surface area contributed by atoms with Gasteiger partial charge in [0.1, 0.15) is 0 Å². The van der Waals surface area contributed by atoms with Gasteiger partial charge in [0, 0.05) is 5.56 Å². The van der Waals surface area contributed by atoms with E-state index in [1.165, 1.54) is 11.1 Å². The molecule has 16 heavy (non-hydrogen) atoms. The van der Waals surface area contributed by atoms with Crippen molar-refractivity contribution in [2.45, 2.75) is 19.8 Å². The zero-order chi connectivity index (χ0) is 11.0. The molecule has 0 saturated carbocycles. The molecule has 82 valence electrons. The maximum Gasteiger partial charge on any atom is 0.240 e. The smallest absolute Gasteiger partial charge is 0.240 e. The third-order valence-electron chi connectivity index (χ3n) is 2.62. The molecule has 0 aliphatic carbocycles. The van der Waals surface area contributed by atoms with Gasteiger partial charge in [-0.2, -0.15) is 4.98 Å². The molecule has 1 aliphatic rings. The van der Waals surface area contributed by atoms with Gasteiger partial charge in [0.25, 0.3) is 0 Å². The number of hydrogen-bond donors (Lipinski definition) is 1. The van der Waals surface area contributed by atoms with Crippen molar-refractivity contribution in [2.75, 3.05) is 0 Å². The van der Waals surface area contributed by atoms with Crippen LogP contribution in [0.5, 0.6) is 0 Å². The van der Waals surface area contributed by atoms with Crippen molar-refractivity contribution in [1.29, 1.82) is 0 Å². The number of aromatic nitrogens is 2. The van der Waals surface area contributed by atoms with Crippen LogP contribution in [0.15, 0.2) is 22.7 Å². The molecule has 2 heterocycles. The number of fused-ring (bicyclic) bond motifs is 1. The Morgan fingerprint density at radius 2 is 2.12 bits per heavy atom. The lowest BCUT2D eigenvalue weighted by atomic mass is 10.1.